The molecule has 0 saturated heterocycles. The molecule has 192 valence electrons. The van der Waals surface area contributed by atoms with Crippen molar-refractivity contribution < 1.29 is 18.7 Å². The number of para-hydroxylation sites is 1. The van der Waals surface area contributed by atoms with Crippen LogP contribution in [-0.4, -0.2) is 33.8 Å². The van der Waals surface area contributed by atoms with Crippen molar-refractivity contribution in [1.82, 2.24) is 9.38 Å². The Morgan fingerprint density at radius 3 is 2.46 bits per heavy atom. The number of nitrogens with one attached hydrogen (secondary N) is 2. The van der Waals surface area contributed by atoms with Gasteiger partial charge in [-0.2, -0.15) is 0 Å². The monoisotopic (exact) mass is 504 g/mol. The van der Waals surface area contributed by atoms with Crippen molar-refractivity contribution in [3.63, 3.8) is 0 Å². The second-order valence-corrected chi connectivity index (χ2v) is 8.98. The van der Waals surface area contributed by atoms with Crippen molar-refractivity contribution >= 4 is 34.7 Å². The van der Waals surface area contributed by atoms with Crippen LogP contribution in [0.1, 0.15) is 23.6 Å². The first-order chi connectivity index (χ1) is 17.5. The molecule has 0 fully saturated rings. The van der Waals surface area contributed by atoms with Crippen LogP contribution in [0.15, 0.2) is 48.7 Å². The van der Waals surface area contributed by atoms with E-state index in [2.05, 4.69) is 10.6 Å². The number of fused-ring (bicyclic) bond motifs is 1. The molecule has 2 aromatic heterocycles. The number of halogens is 1. The van der Waals surface area contributed by atoms with Gasteiger partial charge in [0.15, 0.2) is 6.61 Å². The van der Waals surface area contributed by atoms with E-state index in [1.165, 1.54) is 12.3 Å². The van der Waals surface area contributed by atoms with Crippen LogP contribution in [0, 0.1) is 26.6 Å². The van der Waals surface area contributed by atoms with Gasteiger partial charge in [-0.1, -0.05) is 18.2 Å². The van der Waals surface area contributed by atoms with E-state index in [0.29, 0.717) is 34.0 Å². The summed E-state index contributed by atoms with van der Waals surface area (Å²) < 4.78 is 21.7. The minimum atomic E-state index is -0.725. The average molecular weight is 505 g/mol. The molecule has 0 radical (unpaired) electrons. The number of pyridine rings is 1. The van der Waals surface area contributed by atoms with Gasteiger partial charge in [-0.05, 0) is 62.6 Å². The molecule has 0 saturated carbocycles. The van der Waals surface area contributed by atoms with Crippen molar-refractivity contribution in [2.24, 2.45) is 11.5 Å². The summed E-state index contributed by atoms with van der Waals surface area (Å²) in [6, 6.07) is 11.4. The largest absolute Gasteiger partial charge is 0.483 e. The Labute approximate surface area is 213 Å². The van der Waals surface area contributed by atoms with Gasteiger partial charge in [0.1, 0.15) is 28.7 Å². The number of benzene rings is 2. The summed E-state index contributed by atoms with van der Waals surface area (Å²) in [7, 11) is 0. The topological polar surface area (TPSA) is 137 Å². The first-order valence-corrected chi connectivity index (χ1v) is 11.7. The number of anilines is 3. The molecule has 0 aliphatic carbocycles. The molecule has 4 rings (SSSR count). The molecule has 9 nitrogen and oxygen atoms in total. The molecule has 2 heterocycles. The van der Waals surface area contributed by atoms with E-state index in [1.807, 2.05) is 39.0 Å². The lowest BCUT2D eigenvalue weighted by atomic mass is 10.0. The van der Waals surface area contributed by atoms with Gasteiger partial charge in [-0.15, -0.1) is 0 Å². The van der Waals surface area contributed by atoms with Gasteiger partial charge in [0.25, 0.3) is 5.91 Å². The summed E-state index contributed by atoms with van der Waals surface area (Å²) in [4.78, 5) is 28.5. The van der Waals surface area contributed by atoms with Crippen LogP contribution >= 0.6 is 0 Å². The highest BCUT2D eigenvalue weighted by molar-refractivity contribution is 5.96. The van der Waals surface area contributed by atoms with Crippen molar-refractivity contribution in [2.75, 3.05) is 17.2 Å². The lowest BCUT2D eigenvalue weighted by Gasteiger charge is -2.18. The van der Waals surface area contributed by atoms with Gasteiger partial charge in [-0.3, -0.25) is 14.0 Å². The number of primary amides is 1. The maximum absolute atomic E-state index is 14.3. The fourth-order valence-electron chi connectivity index (χ4n) is 4.09. The van der Waals surface area contributed by atoms with Gasteiger partial charge < -0.3 is 26.8 Å². The normalized spacial score (nSPS) is 11.8. The van der Waals surface area contributed by atoms with Crippen LogP contribution in [0.4, 0.5) is 21.6 Å². The van der Waals surface area contributed by atoms with Gasteiger partial charge in [-0.25, -0.2) is 9.37 Å². The summed E-state index contributed by atoms with van der Waals surface area (Å²) in [5, 5.41) is 6.18. The number of nitrogens with two attached hydrogens (primary N) is 2. The van der Waals surface area contributed by atoms with Gasteiger partial charge in [0.05, 0.1) is 6.04 Å². The van der Waals surface area contributed by atoms with Gasteiger partial charge in [0, 0.05) is 29.2 Å². The number of carbonyl (C=O) groups is 2. The number of hydrogen-bond acceptors (Lipinski definition) is 6. The van der Waals surface area contributed by atoms with Gasteiger partial charge >= 0.3 is 0 Å². The zero-order chi connectivity index (χ0) is 26.9. The fraction of sp³-hybridized carbons (Fsp3) is 0.222. The summed E-state index contributed by atoms with van der Waals surface area (Å²) >= 11 is 0. The molecule has 0 bridgehead atoms. The summed E-state index contributed by atoms with van der Waals surface area (Å²) in [6.45, 7) is 6.95. The first-order valence-electron chi connectivity index (χ1n) is 11.7. The Morgan fingerprint density at radius 1 is 1.11 bits per heavy atom. The number of aryl methyl sites for hydroxylation is 3. The van der Waals surface area contributed by atoms with E-state index in [4.69, 9.17) is 21.2 Å². The number of rotatable bonds is 8. The third kappa shape index (κ3) is 5.39. The Kier molecular flexibility index (Phi) is 7.12. The summed E-state index contributed by atoms with van der Waals surface area (Å²) in [5.74, 6) is -0.705. The van der Waals surface area contributed by atoms with E-state index in [0.717, 1.165) is 16.8 Å². The number of imidazole rings is 1. The molecule has 0 aliphatic heterocycles. The van der Waals surface area contributed by atoms with Gasteiger partial charge in [0.2, 0.25) is 5.91 Å². The Hall–Kier alpha value is -4.44. The van der Waals surface area contributed by atoms with E-state index >= 15 is 0 Å². The highest BCUT2D eigenvalue weighted by atomic mass is 19.1. The van der Waals surface area contributed by atoms with Crippen LogP contribution in [0.5, 0.6) is 5.75 Å². The molecule has 0 aliphatic rings. The summed E-state index contributed by atoms with van der Waals surface area (Å²) in [5.41, 5.74) is 16.5. The molecule has 4 aromatic rings. The molecule has 1 unspecified atom stereocenters. The summed E-state index contributed by atoms with van der Waals surface area (Å²) in [6.07, 6.45) is 1.35. The van der Waals surface area contributed by atoms with E-state index in [1.54, 1.807) is 29.5 Å². The molecule has 2 aromatic carbocycles. The molecular weight excluding hydrogens is 475 g/mol. The molecule has 2 amide bonds. The highest BCUT2D eigenvalue weighted by Gasteiger charge is 2.23. The predicted molar refractivity (Wildman–Crippen MR) is 141 cm³/mol. The number of amides is 2. The van der Waals surface area contributed by atoms with E-state index < -0.39 is 24.4 Å². The van der Waals surface area contributed by atoms with Crippen LogP contribution < -0.4 is 26.8 Å². The minimum Gasteiger partial charge on any atom is -0.483 e. The number of hydrogen-bond donors (Lipinski definition) is 4. The van der Waals surface area contributed by atoms with Crippen LogP contribution in [0.2, 0.25) is 0 Å². The lowest BCUT2D eigenvalue weighted by Crippen LogP contribution is -2.32. The lowest BCUT2D eigenvalue weighted by molar-refractivity contribution is -0.120. The number of carbonyl (C=O) groups excluding carboxylic acids is 2. The smallest absolute Gasteiger partial charge is 0.255 e. The molecule has 0 spiro atoms. The third-order valence-electron chi connectivity index (χ3n) is 5.89. The Balaban J connectivity index is 1.95. The maximum atomic E-state index is 14.3. The standard InChI is InChI=1S/C27H29FN6O3/c1-14-6-5-7-15(2)24(14)33-26-25(32-22-9-8-18(28)12-34(22)26)23-16(3)10-19(31-27(36)17(4)29)11-20(23)37-13-21(30)35/h5-12,17,33H,13,29H2,1-4H3,(H2,30,35)(H,31,36). The SMILES string of the molecule is Cc1cccc(C)c1Nc1c(-c2c(C)cc(NC(=O)C(C)N)cc2OCC(N)=O)nc2ccc(F)cn12. The average Bonchev–Trinajstić information content (AvgIpc) is 3.16. The number of ether oxygens (including phenoxy) is 1. The molecule has 37 heavy (non-hydrogen) atoms. The number of aromatic nitrogens is 2. The van der Waals surface area contributed by atoms with Crippen LogP contribution in [-0.2, 0) is 9.59 Å². The Morgan fingerprint density at radius 2 is 1.81 bits per heavy atom. The fourth-order valence-corrected chi connectivity index (χ4v) is 4.09. The number of nitrogens with zero attached hydrogens (tertiary/aromatic N) is 2. The van der Waals surface area contributed by atoms with Crippen LogP contribution in [0.3, 0.4) is 0 Å². The molecular formula is C27H29FN6O3. The third-order valence-corrected chi connectivity index (χ3v) is 5.89. The van der Waals surface area contributed by atoms with Crippen molar-refractivity contribution in [2.45, 2.75) is 33.7 Å². The first kappa shape index (κ1) is 25.6. The second-order valence-electron chi connectivity index (χ2n) is 8.98. The predicted octanol–water partition coefficient (Wildman–Crippen LogP) is 3.96. The van der Waals surface area contributed by atoms with Crippen molar-refractivity contribution in [1.29, 1.82) is 0 Å². The molecule has 6 N–H and O–H groups in total. The minimum absolute atomic E-state index is 0.271. The zero-order valence-electron chi connectivity index (χ0n) is 21.1. The molecule has 10 heteroatoms. The quantitative estimate of drug-likeness (QED) is 0.287. The van der Waals surface area contributed by atoms with Crippen molar-refractivity contribution in [3.8, 4) is 17.0 Å². The van der Waals surface area contributed by atoms with Crippen molar-refractivity contribution in [3.05, 3.63) is 71.2 Å². The van der Waals surface area contributed by atoms with E-state index in [-0.39, 0.29) is 11.7 Å². The highest BCUT2D eigenvalue weighted by Crippen LogP contribution is 2.41. The second kappa shape index (κ2) is 10.3. The zero-order valence-corrected chi connectivity index (χ0v) is 21.1. The Bertz CT molecular complexity index is 1490. The van der Waals surface area contributed by atoms with E-state index in [9.17, 15) is 14.0 Å². The maximum Gasteiger partial charge on any atom is 0.255 e. The van der Waals surface area contributed by atoms with Crippen LogP contribution in [0.25, 0.3) is 16.9 Å². The molecule has 1 atom stereocenters.